The van der Waals surface area contributed by atoms with E-state index in [1.807, 2.05) is 19.1 Å². The molecule has 3 heteroatoms. The van der Waals surface area contributed by atoms with Crippen molar-refractivity contribution in [3.05, 3.63) is 91.0 Å². The minimum absolute atomic E-state index is 1.05. The van der Waals surface area contributed by atoms with Gasteiger partial charge in [-0.1, -0.05) is 0 Å². The number of unbranched alkanes of at least 4 members (excludes halogenated alkanes) is 2. The van der Waals surface area contributed by atoms with Gasteiger partial charge in [-0.2, -0.15) is 0 Å². The van der Waals surface area contributed by atoms with E-state index in [0.29, 0.717) is 0 Å². The normalized spacial score (nSPS) is 12.0. The molecular weight excluding hydrogens is 413 g/mol. The van der Waals surface area contributed by atoms with Crippen LogP contribution in [-0.2, 0) is 0 Å². The molecule has 0 radical (unpaired) electrons. The predicted octanol–water partition coefficient (Wildman–Crippen LogP) is 4.19. The van der Waals surface area contributed by atoms with E-state index < -0.39 is 13.3 Å². The average Bonchev–Trinajstić information content (AvgIpc) is 2.76. The van der Waals surface area contributed by atoms with Crippen LogP contribution < -0.4 is 13.2 Å². The summed E-state index contributed by atoms with van der Waals surface area (Å²) in [6, 6.07) is 33.4. The van der Waals surface area contributed by atoms with Crippen molar-refractivity contribution in [1.29, 1.82) is 0 Å². The summed E-state index contributed by atoms with van der Waals surface area (Å²) in [4.78, 5) is 0. The van der Waals surface area contributed by atoms with Crippen molar-refractivity contribution in [2.24, 2.45) is 5.10 Å². The fourth-order valence-electron chi connectivity index (χ4n) is 4.16. The zero-order chi connectivity index (χ0) is 20.5. The molecule has 0 aromatic heterocycles. The third-order valence-corrected chi connectivity index (χ3v) is 15.5. The first-order chi connectivity index (χ1) is 14.2. The molecule has 0 saturated carbocycles. The Morgan fingerprint density at radius 3 is 1.45 bits per heavy atom. The van der Waals surface area contributed by atoms with Crippen molar-refractivity contribution in [3.63, 3.8) is 0 Å². The van der Waals surface area contributed by atoms with Gasteiger partial charge in [-0.3, -0.25) is 0 Å². The van der Waals surface area contributed by atoms with Crippen molar-refractivity contribution in [3.8, 4) is 0 Å². The molecule has 2 nitrogen and oxygen atoms in total. The van der Waals surface area contributed by atoms with Crippen molar-refractivity contribution >= 4 is 31.0 Å². The summed E-state index contributed by atoms with van der Waals surface area (Å²) in [6.45, 7) is 2.27. The summed E-state index contributed by atoms with van der Waals surface area (Å²) in [5.74, 6) is 0. The van der Waals surface area contributed by atoms with Gasteiger partial charge in [0, 0.05) is 0 Å². The van der Waals surface area contributed by atoms with Crippen LogP contribution >= 0.6 is 0 Å². The maximum absolute atomic E-state index is 5.18. The zero-order valence-corrected chi connectivity index (χ0v) is 20.0. The van der Waals surface area contributed by atoms with E-state index in [9.17, 15) is 0 Å². The third kappa shape index (κ3) is 4.81. The number of nitrogens with zero attached hydrogens (tertiary/aromatic N) is 2. The van der Waals surface area contributed by atoms with E-state index in [1.165, 1.54) is 37.0 Å². The molecule has 0 atom stereocenters. The second-order valence-electron chi connectivity index (χ2n) is 7.70. The monoisotopic (exact) mass is 446 g/mol. The average molecular weight is 445 g/mol. The molecular formula is C26H32GeN2. The molecule has 0 heterocycles. The van der Waals surface area contributed by atoms with E-state index >= 15 is 0 Å². The first kappa shape index (κ1) is 21.4. The van der Waals surface area contributed by atoms with Crippen LogP contribution in [0, 0.1) is 0 Å². The maximum atomic E-state index is 5.18. The fraction of sp³-hybridized carbons (Fsp3) is 0.269. The summed E-state index contributed by atoms with van der Waals surface area (Å²) in [6.07, 6.45) is 4.69. The molecule has 0 aliphatic rings. The Morgan fingerprint density at radius 2 is 1.10 bits per heavy atom. The van der Waals surface area contributed by atoms with Gasteiger partial charge in [-0.15, -0.1) is 0 Å². The number of hydrazone groups is 1. The van der Waals surface area contributed by atoms with E-state index in [2.05, 4.69) is 97.9 Å². The third-order valence-electron chi connectivity index (χ3n) is 5.39. The second-order valence-corrected chi connectivity index (χ2v) is 15.7. The van der Waals surface area contributed by atoms with E-state index in [-0.39, 0.29) is 0 Å². The summed E-state index contributed by atoms with van der Waals surface area (Å²) in [5.41, 5.74) is 0. The van der Waals surface area contributed by atoms with Gasteiger partial charge in [0.25, 0.3) is 0 Å². The van der Waals surface area contributed by atoms with Gasteiger partial charge in [0.1, 0.15) is 0 Å². The van der Waals surface area contributed by atoms with Crippen molar-refractivity contribution in [1.82, 2.24) is 5.01 Å². The van der Waals surface area contributed by atoms with Gasteiger partial charge in [0.05, 0.1) is 0 Å². The molecule has 3 aromatic rings. The molecule has 3 aromatic carbocycles. The number of benzene rings is 3. The Balaban J connectivity index is 2.34. The molecule has 0 N–H and O–H groups in total. The van der Waals surface area contributed by atoms with E-state index in [4.69, 9.17) is 5.10 Å². The van der Waals surface area contributed by atoms with Crippen LogP contribution in [0.2, 0.25) is 0 Å². The van der Waals surface area contributed by atoms with Gasteiger partial charge >= 0.3 is 179 Å². The Labute approximate surface area is 178 Å². The quantitative estimate of drug-likeness (QED) is 0.209. The first-order valence-electron chi connectivity index (χ1n) is 10.6. The molecule has 0 amide bonds. The number of hydrogen-bond acceptors (Lipinski definition) is 2. The van der Waals surface area contributed by atoms with Crippen LogP contribution in [0.5, 0.6) is 0 Å². The van der Waals surface area contributed by atoms with Crippen LogP contribution in [0.1, 0.15) is 32.6 Å². The molecule has 0 aliphatic heterocycles. The van der Waals surface area contributed by atoms with Crippen LogP contribution in [0.4, 0.5) is 0 Å². The second kappa shape index (κ2) is 10.4. The molecule has 0 aliphatic carbocycles. The summed E-state index contributed by atoms with van der Waals surface area (Å²) < 4.78 is 5.72. The number of rotatable bonds is 9. The Morgan fingerprint density at radius 1 is 0.690 bits per heavy atom. The van der Waals surface area contributed by atoms with Gasteiger partial charge in [0.2, 0.25) is 0 Å². The summed E-state index contributed by atoms with van der Waals surface area (Å²) in [5, 5.41) is 7.18. The molecule has 0 spiro atoms. The fourth-order valence-corrected chi connectivity index (χ4v) is 14.6. The molecule has 3 rings (SSSR count). The Hall–Kier alpha value is -2.33. The predicted molar refractivity (Wildman–Crippen MR) is 129 cm³/mol. The minimum atomic E-state index is -3.17. The zero-order valence-electron chi connectivity index (χ0n) is 17.9. The van der Waals surface area contributed by atoms with Crippen LogP contribution in [0.25, 0.3) is 0 Å². The summed E-state index contributed by atoms with van der Waals surface area (Å²) in [7, 11) is 4.10. The van der Waals surface area contributed by atoms with Crippen LogP contribution in [-0.4, -0.2) is 36.9 Å². The van der Waals surface area contributed by atoms with E-state index in [0.717, 1.165) is 6.42 Å². The molecule has 0 saturated heterocycles. The van der Waals surface area contributed by atoms with E-state index in [1.54, 1.807) is 0 Å². The number of hydrogen-bond donors (Lipinski definition) is 0. The molecule has 0 bridgehead atoms. The molecule has 29 heavy (non-hydrogen) atoms. The van der Waals surface area contributed by atoms with Gasteiger partial charge in [-0.25, -0.2) is 0 Å². The van der Waals surface area contributed by atoms with Crippen LogP contribution in [0.3, 0.4) is 0 Å². The molecule has 0 unspecified atom stereocenters. The SMILES string of the molecule is CCCCC/[C](=N/N(C)C)[Ge]([c]1ccccc1)([c]1ccccc1)[c]1ccccc1. The first-order valence-corrected chi connectivity index (χ1v) is 14.8. The Bertz CT molecular complexity index is 793. The van der Waals surface area contributed by atoms with Crippen LogP contribution in [0.15, 0.2) is 96.1 Å². The molecule has 0 fully saturated rings. The van der Waals surface area contributed by atoms with Gasteiger partial charge < -0.3 is 0 Å². The molecule has 150 valence electrons. The van der Waals surface area contributed by atoms with Gasteiger partial charge in [0.15, 0.2) is 0 Å². The van der Waals surface area contributed by atoms with Crippen molar-refractivity contribution in [2.45, 2.75) is 32.6 Å². The van der Waals surface area contributed by atoms with Gasteiger partial charge in [-0.05, 0) is 0 Å². The Kier molecular flexibility index (Phi) is 7.71. The topological polar surface area (TPSA) is 15.6 Å². The van der Waals surface area contributed by atoms with Crippen molar-refractivity contribution < 1.29 is 0 Å². The standard InChI is InChI=1S/C26H32GeN2/c1-4-5-9-22-26(28-29(2)3)27(23-16-10-6-11-17-23,24-18-12-7-13-19-24)25-20-14-8-15-21-25/h6-8,10-21H,4-5,9,22H2,1-3H3/b28-26-. The summed E-state index contributed by atoms with van der Waals surface area (Å²) >= 11 is -3.17. The van der Waals surface area contributed by atoms with Crippen molar-refractivity contribution in [2.75, 3.05) is 14.1 Å².